The van der Waals surface area contributed by atoms with E-state index in [4.69, 9.17) is 9.47 Å². The lowest BCUT2D eigenvalue weighted by Crippen LogP contribution is -2.07. The van der Waals surface area contributed by atoms with Gasteiger partial charge in [0, 0.05) is 17.3 Å². The van der Waals surface area contributed by atoms with Crippen molar-refractivity contribution >= 4 is 22.8 Å². The van der Waals surface area contributed by atoms with Crippen LogP contribution in [-0.4, -0.2) is 22.5 Å². The molecule has 0 fully saturated rings. The highest BCUT2D eigenvalue weighted by molar-refractivity contribution is 5.93. The minimum absolute atomic E-state index is 0.388. The zero-order valence-corrected chi connectivity index (χ0v) is 13.0. The van der Waals surface area contributed by atoms with Gasteiger partial charge in [-0.15, -0.1) is 0 Å². The van der Waals surface area contributed by atoms with Gasteiger partial charge in [0.15, 0.2) is 5.76 Å². The molecule has 5 nitrogen and oxygen atoms in total. The number of nitrogens with zero attached hydrogens (tertiary/aromatic N) is 2. The van der Waals surface area contributed by atoms with Gasteiger partial charge in [-0.05, 0) is 48.0 Å². The highest BCUT2D eigenvalue weighted by Gasteiger charge is 2.20. The largest absolute Gasteiger partial charge is 0.465 e. The Morgan fingerprint density at radius 2 is 2.17 bits per heavy atom. The molecule has 0 bridgehead atoms. The zero-order valence-electron chi connectivity index (χ0n) is 13.0. The van der Waals surface area contributed by atoms with Crippen LogP contribution in [0.15, 0.2) is 61.6 Å². The second-order valence-corrected chi connectivity index (χ2v) is 5.45. The Labute approximate surface area is 138 Å². The minimum Gasteiger partial charge on any atom is -0.465 e. The first-order valence-corrected chi connectivity index (χ1v) is 7.40. The number of benzene rings is 1. The van der Waals surface area contributed by atoms with Gasteiger partial charge in [0.1, 0.15) is 11.4 Å². The summed E-state index contributed by atoms with van der Waals surface area (Å²) in [6, 6.07) is 11.0. The third-order valence-corrected chi connectivity index (χ3v) is 3.94. The fourth-order valence-electron chi connectivity index (χ4n) is 2.70. The van der Waals surface area contributed by atoms with Crippen LogP contribution in [0.5, 0.6) is 5.75 Å². The normalized spacial score (nSPS) is 13.2. The van der Waals surface area contributed by atoms with Gasteiger partial charge in [-0.3, -0.25) is 0 Å². The maximum atomic E-state index is 11.7. The number of allylic oxidation sites excluding steroid dienone is 2. The molecule has 0 saturated heterocycles. The van der Waals surface area contributed by atoms with Crippen molar-refractivity contribution in [2.45, 2.75) is 0 Å². The third-order valence-electron chi connectivity index (χ3n) is 3.94. The Bertz CT molecular complexity index is 1010. The minimum atomic E-state index is -0.388. The molecule has 118 valence electrons. The topological polar surface area (TPSA) is 52.8 Å². The molecule has 0 amide bonds. The van der Waals surface area contributed by atoms with E-state index >= 15 is 0 Å². The Kier molecular flexibility index (Phi) is 3.20. The molecule has 3 aromatic rings. The Hall–Kier alpha value is -3.34. The summed E-state index contributed by atoms with van der Waals surface area (Å²) in [5, 5.41) is 0. The molecular weight excluding hydrogens is 304 g/mol. The molecule has 0 N–H and O–H groups in total. The molecule has 0 aliphatic carbocycles. The second-order valence-electron chi connectivity index (χ2n) is 5.45. The van der Waals surface area contributed by atoms with Crippen LogP contribution in [0, 0.1) is 0 Å². The molecule has 0 radical (unpaired) electrons. The van der Waals surface area contributed by atoms with E-state index in [-0.39, 0.29) is 5.97 Å². The predicted molar refractivity (Wildman–Crippen MR) is 90.6 cm³/mol. The fraction of sp³-hybridized carbons (Fsp3) is 0.0526. The van der Waals surface area contributed by atoms with Crippen molar-refractivity contribution < 1.29 is 14.3 Å². The maximum absolute atomic E-state index is 11.7. The first-order valence-electron chi connectivity index (χ1n) is 7.40. The van der Waals surface area contributed by atoms with Crippen molar-refractivity contribution in [2.75, 3.05) is 7.11 Å². The van der Waals surface area contributed by atoms with Crippen LogP contribution in [0.4, 0.5) is 0 Å². The summed E-state index contributed by atoms with van der Waals surface area (Å²) < 4.78 is 12.6. The molecule has 0 spiro atoms. The lowest BCUT2D eigenvalue weighted by molar-refractivity contribution is 0.0600. The van der Waals surface area contributed by atoms with Crippen molar-refractivity contribution in [3.63, 3.8) is 0 Å². The second kappa shape index (κ2) is 5.38. The lowest BCUT2D eigenvalue weighted by Gasteiger charge is -2.20. The number of fused-ring (bicyclic) bond motifs is 2. The average molecular weight is 318 g/mol. The zero-order chi connectivity index (χ0) is 16.7. The van der Waals surface area contributed by atoms with Crippen molar-refractivity contribution in [1.29, 1.82) is 0 Å². The van der Waals surface area contributed by atoms with E-state index in [9.17, 15) is 4.79 Å². The number of hydrogen-bond donors (Lipinski definition) is 0. The van der Waals surface area contributed by atoms with Crippen molar-refractivity contribution in [3.8, 4) is 5.75 Å². The SMILES string of the molecule is C=C1C=C(c2cc3cccn3cn2)Oc2ccc(C(=O)OC)cc21. The third kappa shape index (κ3) is 2.27. The summed E-state index contributed by atoms with van der Waals surface area (Å²) in [4.78, 5) is 16.1. The quantitative estimate of drug-likeness (QED) is 0.678. The molecule has 1 aliphatic rings. The average Bonchev–Trinajstić information content (AvgIpc) is 3.08. The first kappa shape index (κ1) is 14.3. The van der Waals surface area contributed by atoms with E-state index in [2.05, 4.69) is 11.6 Å². The van der Waals surface area contributed by atoms with Gasteiger partial charge >= 0.3 is 5.97 Å². The number of carbonyl (C=O) groups is 1. The van der Waals surface area contributed by atoms with Crippen LogP contribution in [0.25, 0.3) is 16.8 Å². The summed E-state index contributed by atoms with van der Waals surface area (Å²) in [5.41, 5.74) is 3.75. The van der Waals surface area contributed by atoms with Gasteiger partial charge in [-0.2, -0.15) is 0 Å². The molecule has 0 atom stereocenters. The molecule has 0 unspecified atom stereocenters. The van der Waals surface area contributed by atoms with Crippen molar-refractivity contribution in [3.05, 3.63) is 78.4 Å². The molecule has 1 aliphatic heterocycles. The highest BCUT2D eigenvalue weighted by atomic mass is 16.5. The molecular formula is C19H14N2O3. The van der Waals surface area contributed by atoms with Gasteiger partial charge in [0.2, 0.25) is 0 Å². The van der Waals surface area contributed by atoms with Crippen LogP contribution in [0.3, 0.4) is 0 Å². The van der Waals surface area contributed by atoms with Gasteiger partial charge in [0.05, 0.1) is 19.0 Å². The van der Waals surface area contributed by atoms with Gasteiger partial charge < -0.3 is 13.9 Å². The number of carbonyl (C=O) groups excluding carboxylic acids is 1. The molecule has 2 aromatic heterocycles. The fourth-order valence-corrected chi connectivity index (χ4v) is 2.70. The van der Waals surface area contributed by atoms with Crippen LogP contribution < -0.4 is 4.74 Å². The van der Waals surface area contributed by atoms with E-state index in [1.54, 1.807) is 24.5 Å². The molecule has 4 rings (SSSR count). The van der Waals surface area contributed by atoms with Crippen molar-refractivity contribution in [2.24, 2.45) is 0 Å². The van der Waals surface area contributed by atoms with E-state index in [0.717, 1.165) is 22.3 Å². The van der Waals surface area contributed by atoms with Gasteiger partial charge in [0.25, 0.3) is 0 Å². The van der Waals surface area contributed by atoms with Crippen LogP contribution in [0.1, 0.15) is 21.6 Å². The van der Waals surface area contributed by atoms with Gasteiger partial charge in [-0.25, -0.2) is 9.78 Å². The molecule has 24 heavy (non-hydrogen) atoms. The summed E-state index contributed by atoms with van der Waals surface area (Å²) in [7, 11) is 1.36. The van der Waals surface area contributed by atoms with Crippen LogP contribution in [0.2, 0.25) is 0 Å². The molecule has 5 heteroatoms. The number of esters is 1. The van der Waals surface area contributed by atoms with Crippen LogP contribution in [-0.2, 0) is 4.74 Å². The Morgan fingerprint density at radius 1 is 1.29 bits per heavy atom. The van der Waals surface area contributed by atoms with E-state index < -0.39 is 0 Å². The molecule has 0 saturated carbocycles. The number of ether oxygens (including phenoxy) is 2. The summed E-state index contributed by atoms with van der Waals surface area (Å²) in [6.45, 7) is 4.07. The van der Waals surface area contributed by atoms with E-state index in [1.807, 2.05) is 34.9 Å². The number of methoxy groups -OCH3 is 1. The molecule has 3 heterocycles. The Morgan fingerprint density at radius 3 is 3.00 bits per heavy atom. The summed E-state index contributed by atoms with van der Waals surface area (Å²) in [6.07, 6.45) is 5.50. The molecule has 1 aromatic carbocycles. The maximum Gasteiger partial charge on any atom is 0.337 e. The van der Waals surface area contributed by atoms with Gasteiger partial charge in [-0.1, -0.05) is 6.58 Å². The number of hydrogen-bond acceptors (Lipinski definition) is 4. The van der Waals surface area contributed by atoms with Crippen LogP contribution >= 0.6 is 0 Å². The number of aromatic nitrogens is 2. The monoisotopic (exact) mass is 318 g/mol. The lowest BCUT2D eigenvalue weighted by atomic mass is 10.00. The predicted octanol–water partition coefficient (Wildman–Crippen LogP) is 3.57. The van der Waals surface area contributed by atoms with Crippen molar-refractivity contribution in [1.82, 2.24) is 9.38 Å². The summed E-state index contributed by atoms with van der Waals surface area (Å²) in [5.74, 6) is 0.880. The Balaban J connectivity index is 1.73. The van der Waals surface area contributed by atoms with E-state index in [1.165, 1.54) is 7.11 Å². The smallest absolute Gasteiger partial charge is 0.337 e. The highest BCUT2D eigenvalue weighted by Crippen LogP contribution is 2.36. The number of rotatable bonds is 2. The first-order chi connectivity index (χ1) is 11.7. The van der Waals surface area contributed by atoms with E-state index in [0.29, 0.717) is 17.1 Å². The standard InChI is InChI=1S/C19H14N2O3/c1-12-8-18(16-10-14-4-3-7-21(14)11-20-16)24-17-6-5-13(9-15(12)17)19(22)23-2/h3-11H,1H2,2H3. The summed E-state index contributed by atoms with van der Waals surface area (Å²) >= 11 is 0.